The predicted molar refractivity (Wildman–Crippen MR) is 270 cm³/mol. The number of rotatable bonds is 4. The summed E-state index contributed by atoms with van der Waals surface area (Å²) in [5.41, 5.74) is 29.3. The molecule has 0 bridgehead atoms. The van der Waals surface area contributed by atoms with Crippen molar-refractivity contribution >= 4 is 66.6 Å². The normalized spacial score (nSPS) is 14.2. The zero-order chi connectivity index (χ0) is 42.3. The Morgan fingerprint density at radius 1 is 0.469 bits per heavy atom. The van der Waals surface area contributed by atoms with Crippen LogP contribution in [-0.4, -0.2) is 15.8 Å². The first-order chi connectivity index (χ1) is 31.5. The largest absolute Gasteiger partial charge is 0.310 e. The van der Waals surface area contributed by atoms with Gasteiger partial charge < -0.3 is 9.13 Å². The van der Waals surface area contributed by atoms with Gasteiger partial charge in [0, 0.05) is 38.6 Å². The monoisotopic (exact) mass is 814 g/mol. The first-order valence-electron chi connectivity index (χ1n) is 23.3. The number of benzene rings is 9. The maximum Gasteiger partial charge on any atom is 0.253 e. The molecule has 2 aromatic heterocycles. The van der Waals surface area contributed by atoms with Crippen molar-refractivity contribution in [3.8, 4) is 44.9 Å². The molecule has 1 spiro atoms. The molecule has 64 heavy (non-hydrogen) atoms. The van der Waals surface area contributed by atoms with Gasteiger partial charge in [0.1, 0.15) is 0 Å². The summed E-state index contributed by atoms with van der Waals surface area (Å²) in [6.45, 7) is 9.24. The van der Waals surface area contributed by atoms with Crippen molar-refractivity contribution in [3.05, 3.63) is 208 Å². The molecule has 300 valence electrons. The number of hydrogen-bond acceptors (Lipinski definition) is 0. The van der Waals surface area contributed by atoms with Crippen LogP contribution in [0.2, 0.25) is 0 Å². The number of nitrogens with zero attached hydrogens (tertiary/aromatic N) is 2. The SMILES string of the molecule is CCc1cc2c3c(c1)c1cc(CC)cc4c1n3-c1c(ccc3c1B2c1c2ccccc2cc2c(-c5ccccc5)c(-c5ccccc5)n-3c12)C41c2cc(C)ccc2-c2ccc(C)cc21. The third-order valence-electron chi connectivity index (χ3n) is 15.9. The van der Waals surface area contributed by atoms with Crippen LogP contribution in [0.1, 0.15) is 58.4 Å². The molecule has 0 saturated heterocycles. The lowest BCUT2D eigenvalue weighted by molar-refractivity contribution is 0.745. The summed E-state index contributed by atoms with van der Waals surface area (Å²) in [5, 5.41) is 6.71. The van der Waals surface area contributed by atoms with Crippen molar-refractivity contribution in [2.24, 2.45) is 0 Å². The average Bonchev–Trinajstić information content (AvgIpc) is 3.95. The van der Waals surface area contributed by atoms with E-state index in [2.05, 4.69) is 201 Å². The van der Waals surface area contributed by atoms with E-state index in [1.807, 2.05) is 0 Å². The molecule has 1 aliphatic carbocycles. The van der Waals surface area contributed by atoms with Gasteiger partial charge in [-0.15, -0.1) is 0 Å². The van der Waals surface area contributed by atoms with Crippen LogP contribution in [0.15, 0.2) is 164 Å². The van der Waals surface area contributed by atoms with Gasteiger partial charge in [0.25, 0.3) is 6.71 Å². The van der Waals surface area contributed by atoms with Gasteiger partial charge >= 0.3 is 0 Å². The third-order valence-corrected chi connectivity index (χ3v) is 15.9. The summed E-state index contributed by atoms with van der Waals surface area (Å²) in [4.78, 5) is 0. The molecule has 0 unspecified atom stereocenters. The standard InChI is InChI=1S/C61H43BN2/c1-5-36-29-44-45-30-37(6-2)32-51-58(45)64-57(44)50(31-36)61(48-27-34(3)21-23-42(48)43-24-22-35(4)28-49(43)61)47-25-26-52-55(60(47)64)62(51)54-41-20-14-13-19-40(41)33-46-53(38-15-9-7-10-16-38)56(63(52)59(46)54)39-17-11-8-12-18-39/h7-33H,5-6H2,1-4H3. The second-order valence-corrected chi connectivity index (χ2v) is 19.0. The first-order valence-corrected chi connectivity index (χ1v) is 23.3. The molecule has 0 amide bonds. The van der Waals surface area contributed by atoms with Crippen LogP contribution in [0.25, 0.3) is 88.4 Å². The van der Waals surface area contributed by atoms with E-state index >= 15 is 0 Å². The lowest BCUT2D eigenvalue weighted by Crippen LogP contribution is -2.60. The lowest BCUT2D eigenvalue weighted by Gasteiger charge is -2.44. The second-order valence-electron chi connectivity index (χ2n) is 19.0. The van der Waals surface area contributed by atoms with Gasteiger partial charge in [0.05, 0.1) is 22.1 Å². The lowest BCUT2D eigenvalue weighted by atomic mass is 9.33. The van der Waals surface area contributed by atoms with E-state index in [9.17, 15) is 0 Å². The van der Waals surface area contributed by atoms with Gasteiger partial charge in [-0.05, 0) is 134 Å². The highest BCUT2D eigenvalue weighted by Crippen LogP contribution is 2.62. The van der Waals surface area contributed by atoms with Crippen LogP contribution < -0.4 is 16.4 Å². The molecule has 5 heterocycles. The Balaban J connectivity index is 1.24. The number of aromatic nitrogens is 2. The Bertz CT molecular complexity index is 3890. The number of fused-ring (bicyclic) bond motifs is 13. The second kappa shape index (κ2) is 12.0. The van der Waals surface area contributed by atoms with Crippen molar-refractivity contribution < 1.29 is 0 Å². The molecule has 9 aromatic carbocycles. The minimum atomic E-state index is -0.515. The fraction of sp³-hybridized carbons (Fsp3) is 0.115. The summed E-state index contributed by atoms with van der Waals surface area (Å²) in [6.07, 6.45) is 1.95. The highest BCUT2D eigenvalue weighted by molar-refractivity contribution is 7.01. The van der Waals surface area contributed by atoms with Gasteiger partial charge in [-0.2, -0.15) is 0 Å². The minimum Gasteiger partial charge on any atom is -0.310 e. The summed E-state index contributed by atoms with van der Waals surface area (Å²) in [7, 11) is 0. The minimum absolute atomic E-state index is 0.0126. The summed E-state index contributed by atoms with van der Waals surface area (Å²) in [6, 6.07) is 63.9. The molecule has 3 aliphatic heterocycles. The van der Waals surface area contributed by atoms with Crippen LogP contribution in [-0.2, 0) is 18.3 Å². The Morgan fingerprint density at radius 2 is 1.11 bits per heavy atom. The van der Waals surface area contributed by atoms with Crippen molar-refractivity contribution in [2.45, 2.75) is 46.0 Å². The molecular formula is C61H43BN2. The third kappa shape index (κ3) is 3.99. The molecule has 0 atom stereocenters. The molecule has 2 nitrogen and oxygen atoms in total. The molecule has 0 fully saturated rings. The quantitative estimate of drug-likeness (QED) is 0.157. The number of hydrogen-bond donors (Lipinski definition) is 0. The molecule has 3 heteroatoms. The molecule has 0 saturated carbocycles. The summed E-state index contributed by atoms with van der Waals surface area (Å²) in [5.74, 6) is 0. The Labute approximate surface area is 373 Å². The van der Waals surface area contributed by atoms with Gasteiger partial charge in [-0.1, -0.05) is 165 Å². The van der Waals surface area contributed by atoms with E-state index < -0.39 is 5.41 Å². The first kappa shape index (κ1) is 35.1. The smallest absolute Gasteiger partial charge is 0.253 e. The van der Waals surface area contributed by atoms with Gasteiger partial charge in [0.2, 0.25) is 0 Å². The maximum atomic E-state index is 2.77. The van der Waals surface area contributed by atoms with E-state index in [4.69, 9.17) is 0 Å². The Kier molecular flexibility index (Phi) is 6.59. The predicted octanol–water partition coefficient (Wildman–Crippen LogP) is 12.8. The van der Waals surface area contributed by atoms with Gasteiger partial charge in [0.15, 0.2) is 0 Å². The van der Waals surface area contributed by atoms with Crippen LogP contribution >= 0.6 is 0 Å². The fourth-order valence-electron chi connectivity index (χ4n) is 13.4. The zero-order valence-corrected chi connectivity index (χ0v) is 36.5. The van der Waals surface area contributed by atoms with Crippen molar-refractivity contribution in [1.29, 1.82) is 0 Å². The van der Waals surface area contributed by atoms with Gasteiger partial charge in [-0.25, -0.2) is 0 Å². The maximum absolute atomic E-state index is 2.77. The fourth-order valence-corrected chi connectivity index (χ4v) is 13.4. The van der Waals surface area contributed by atoms with Crippen LogP contribution in [0.4, 0.5) is 0 Å². The van der Waals surface area contributed by atoms with E-state index in [1.54, 1.807) is 0 Å². The molecule has 0 radical (unpaired) electrons. The molecule has 11 aromatic rings. The molecule has 15 rings (SSSR count). The highest BCUT2D eigenvalue weighted by Gasteiger charge is 2.55. The van der Waals surface area contributed by atoms with Crippen LogP contribution in [0, 0.1) is 13.8 Å². The van der Waals surface area contributed by atoms with Crippen LogP contribution in [0.3, 0.4) is 0 Å². The van der Waals surface area contributed by atoms with Crippen molar-refractivity contribution in [3.63, 3.8) is 0 Å². The average molecular weight is 815 g/mol. The Morgan fingerprint density at radius 3 is 1.81 bits per heavy atom. The van der Waals surface area contributed by atoms with Gasteiger partial charge in [-0.3, -0.25) is 0 Å². The zero-order valence-electron chi connectivity index (χ0n) is 36.5. The van der Waals surface area contributed by atoms with Crippen LogP contribution in [0.5, 0.6) is 0 Å². The van der Waals surface area contributed by atoms with E-state index in [0.717, 1.165) is 12.8 Å². The van der Waals surface area contributed by atoms with E-state index in [1.165, 1.54) is 149 Å². The highest BCUT2D eigenvalue weighted by atomic mass is 15.1. The van der Waals surface area contributed by atoms with Crippen molar-refractivity contribution in [1.82, 2.24) is 9.13 Å². The van der Waals surface area contributed by atoms with E-state index in [-0.39, 0.29) is 6.71 Å². The molecular weight excluding hydrogens is 771 g/mol. The molecule has 4 aliphatic rings. The summed E-state index contributed by atoms with van der Waals surface area (Å²) < 4.78 is 5.46. The Hall–Kier alpha value is -7.36. The van der Waals surface area contributed by atoms with Crippen molar-refractivity contribution in [2.75, 3.05) is 0 Å². The summed E-state index contributed by atoms with van der Waals surface area (Å²) >= 11 is 0. The molecule has 0 N–H and O–H groups in total. The number of aryl methyl sites for hydroxylation is 4. The topological polar surface area (TPSA) is 9.86 Å². The van der Waals surface area contributed by atoms with E-state index in [0.29, 0.717) is 0 Å².